The van der Waals surface area contributed by atoms with Gasteiger partial charge in [0.1, 0.15) is 0 Å². The Morgan fingerprint density at radius 3 is 3.00 bits per heavy atom. The second-order valence-corrected chi connectivity index (χ2v) is 6.22. The van der Waals surface area contributed by atoms with Crippen LogP contribution >= 0.6 is 0 Å². The molecule has 6 nitrogen and oxygen atoms in total. The van der Waals surface area contributed by atoms with E-state index >= 15 is 0 Å². The minimum atomic E-state index is -0.761. The third kappa shape index (κ3) is 2.98. The molecule has 2 atom stereocenters. The van der Waals surface area contributed by atoms with Crippen molar-refractivity contribution in [1.29, 1.82) is 0 Å². The van der Waals surface area contributed by atoms with Crippen molar-refractivity contribution in [3.05, 3.63) is 0 Å². The lowest BCUT2D eigenvalue weighted by atomic mass is 9.90. The van der Waals surface area contributed by atoms with Crippen molar-refractivity contribution in [2.75, 3.05) is 39.5 Å². The number of rotatable bonds is 3. The van der Waals surface area contributed by atoms with E-state index in [-0.39, 0.29) is 12.0 Å². The third-order valence-corrected chi connectivity index (χ3v) is 4.79. The van der Waals surface area contributed by atoms with Gasteiger partial charge in [-0.05, 0) is 32.2 Å². The van der Waals surface area contributed by atoms with Gasteiger partial charge >= 0.3 is 0 Å². The number of hydrogen-bond acceptors (Lipinski definition) is 5. The number of ether oxygens (including phenoxy) is 2. The molecule has 3 aliphatic rings. The van der Waals surface area contributed by atoms with Crippen molar-refractivity contribution in [1.82, 2.24) is 10.2 Å². The zero-order valence-electron chi connectivity index (χ0n) is 12.0. The van der Waals surface area contributed by atoms with Gasteiger partial charge in [0.25, 0.3) is 0 Å². The molecule has 0 spiro atoms. The van der Waals surface area contributed by atoms with Crippen LogP contribution < -0.4 is 11.1 Å². The van der Waals surface area contributed by atoms with Crippen LogP contribution in [0.25, 0.3) is 0 Å². The largest absolute Gasteiger partial charge is 0.381 e. The smallest absolute Gasteiger partial charge is 0.240 e. The predicted molar refractivity (Wildman–Crippen MR) is 74.3 cm³/mol. The summed E-state index contributed by atoms with van der Waals surface area (Å²) in [6, 6.07) is 0.596. The van der Waals surface area contributed by atoms with Gasteiger partial charge in [0.15, 0.2) is 0 Å². The summed E-state index contributed by atoms with van der Waals surface area (Å²) in [4.78, 5) is 14.7. The number of nitrogens with two attached hydrogens (primary N) is 1. The molecule has 0 bridgehead atoms. The van der Waals surface area contributed by atoms with Gasteiger partial charge in [0, 0.05) is 32.3 Å². The van der Waals surface area contributed by atoms with Crippen LogP contribution in [0.15, 0.2) is 0 Å². The Morgan fingerprint density at radius 1 is 1.40 bits per heavy atom. The number of fused-ring (bicyclic) bond motifs is 1. The van der Waals surface area contributed by atoms with Crippen LogP contribution in [0.2, 0.25) is 0 Å². The van der Waals surface area contributed by atoms with Crippen LogP contribution in [-0.2, 0) is 14.3 Å². The first-order chi connectivity index (χ1) is 9.67. The van der Waals surface area contributed by atoms with E-state index in [1.54, 1.807) is 0 Å². The molecule has 3 saturated heterocycles. The molecule has 114 valence electrons. The molecule has 3 N–H and O–H groups in total. The van der Waals surface area contributed by atoms with Crippen LogP contribution in [0.1, 0.15) is 25.7 Å². The predicted octanol–water partition coefficient (Wildman–Crippen LogP) is -0.526. The van der Waals surface area contributed by atoms with Crippen molar-refractivity contribution in [3.63, 3.8) is 0 Å². The van der Waals surface area contributed by atoms with Crippen molar-refractivity contribution in [2.24, 2.45) is 5.73 Å². The minimum absolute atomic E-state index is 0.0621. The fourth-order valence-electron chi connectivity index (χ4n) is 3.35. The highest BCUT2D eigenvalue weighted by Crippen LogP contribution is 2.22. The maximum Gasteiger partial charge on any atom is 0.240 e. The molecule has 20 heavy (non-hydrogen) atoms. The van der Waals surface area contributed by atoms with E-state index in [1.165, 1.54) is 12.8 Å². The Hall–Kier alpha value is -0.690. The molecule has 2 unspecified atom stereocenters. The van der Waals surface area contributed by atoms with E-state index < -0.39 is 5.54 Å². The molecule has 0 aliphatic carbocycles. The average molecular weight is 283 g/mol. The molecule has 3 rings (SSSR count). The molecular formula is C14H25N3O3. The Balaban J connectivity index is 1.45. The van der Waals surface area contributed by atoms with Crippen molar-refractivity contribution >= 4 is 5.91 Å². The highest BCUT2D eigenvalue weighted by atomic mass is 16.5. The van der Waals surface area contributed by atoms with Gasteiger partial charge in [-0.3, -0.25) is 9.69 Å². The minimum Gasteiger partial charge on any atom is -0.381 e. The maximum atomic E-state index is 12.2. The fourth-order valence-corrected chi connectivity index (χ4v) is 3.35. The lowest BCUT2D eigenvalue weighted by molar-refractivity contribution is -0.131. The van der Waals surface area contributed by atoms with Crippen molar-refractivity contribution in [2.45, 2.75) is 43.4 Å². The number of nitrogens with zero attached hydrogens (tertiary/aromatic N) is 1. The molecular weight excluding hydrogens is 258 g/mol. The zero-order chi connectivity index (χ0) is 14.0. The van der Waals surface area contributed by atoms with Crippen LogP contribution in [0, 0.1) is 0 Å². The Bertz CT molecular complexity index is 358. The Morgan fingerprint density at radius 2 is 2.20 bits per heavy atom. The number of hydrogen-bond donors (Lipinski definition) is 2. The first-order valence-electron chi connectivity index (χ1n) is 7.68. The number of nitrogens with one attached hydrogen (secondary N) is 1. The number of amides is 1. The van der Waals surface area contributed by atoms with E-state index in [1.807, 2.05) is 0 Å². The lowest BCUT2D eigenvalue weighted by Crippen LogP contribution is -2.59. The van der Waals surface area contributed by atoms with Crippen LogP contribution in [-0.4, -0.2) is 67.9 Å². The molecule has 6 heteroatoms. The second kappa shape index (κ2) is 5.97. The number of carbonyl (C=O) groups excluding carboxylic acids is 1. The highest BCUT2D eigenvalue weighted by Gasteiger charge is 2.37. The van der Waals surface area contributed by atoms with Crippen LogP contribution in [0.4, 0.5) is 0 Å². The molecule has 0 aromatic heterocycles. The quantitative estimate of drug-likeness (QED) is 0.728. The van der Waals surface area contributed by atoms with Gasteiger partial charge < -0.3 is 20.5 Å². The molecule has 3 fully saturated rings. The van der Waals surface area contributed by atoms with Gasteiger partial charge in [-0.15, -0.1) is 0 Å². The van der Waals surface area contributed by atoms with Gasteiger partial charge in [0.05, 0.1) is 18.2 Å². The molecule has 3 heterocycles. The first kappa shape index (κ1) is 14.3. The van der Waals surface area contributed by atoms with E-state index in [0.29, 0.717) is 38.6 Å². The summed E-state index contributed by atoms with van der Waals surface area (Å²) in [5.41, 5.74) is 5.40. The van der Waals surface area contributed by atoms with Gasteiger partial charge in [-0.25, -0.2) is 0 Å². The summed E-state index contributed by atoms with van der Waals surface area (Å²) in [7, 11) is 0. The van der Waals surface area contributed by atoms with Crippen LogP contribution in [0.3, 0.4) is 0 Å². The number of carbonyl (C=O) groups is 1. The summed E-state index contributed by atoms with van der Waals surface area (Å²) >= 11 is 0. The molecule has 0 aromatic carbocycles. The average Bonchev–Trinajstić information content (AvgIpc) is 2.93. The summed E-state index contributed by atoms with van der Waals surface area (Å²) in [6.07, 6.45) is 3.79. The highest BCUT2D eigenvalue weighted by molar-refractivity contribution is 5.86. The van der Waals surface area contributed by atoms with Gasteiger partial charge in [-0.2, -0.15) is 0 Å². The van der Waals surface area contributed by atoms with Crippen molar-refractivity contribution < 1.29 is 14.3 Å². The molecule has 0 aromatic rings. The summed E-state index contributed by atoms with van der Waals surface area (Å²) in [5.74, 6) is -0.0621. The number of morpholine rings is 1. The first-order valence-corrected chi connectivity index (χ1v) is 7.68. The van der Waals surface area contributed by atoms with E-state index in [9.17, 15) is 4.79 Å². The topological polar surface area (TPSA) is 76.8 Å². The molecule has 3 aliphatic heterocycles. The summed E-state index contributed by atoms with van der Waals surface area (Å²) in [5, 5.41) is 2.97. The van der Waals surface area contributed by atoms with E-state index in [4.69, 9.17) is 15.2 Å². The molecule has 0 radical (unpaired) electrons. The zero-order valence-corrected chi connectivity index (χ0v) is 12.0. The normalized spacial score (nSPS) is 33.6. The van der Waals surface area contributed by atoms with Crippen molar-refractivity contribution in [3.8, 4) is 0 Å². The lowest BCUT2D eigenvalue weighted by Gasteiger charge is -2.36. The van der Waals surface area contributed by atoms with Gasteiger partial charge in [-0.1, -0.05) is 0 Å². The molecule has 0 saturated carbocycles. The van der Waals surface area contributed by atoms with E-state index in [0.717, 1.165) is 19.7 Å². The van der Waals surface area contributed by atoms with Gasteiger partial charge in [0.2, 0.25) is 5.91 Å². The Kier molecular flexibility index (Phi) is 4.26. The maximum absolute atomic E-state index is 12.2. The molecule has 1 amide bonds. The van der Waals surface area contributed by atoms with Crippen LogP contribution in [0.5, 0.6) is 0 Å². The summed E-state index contributed by atoms with van der Waals surface area (Å²) in [6.45, 7) is 4.57. The monoisotopic (exact) mass is 283 g/mol. The fraction of sp³-hybridized carbons (Fsp3) is 0.929. The van der Waals surface area contributed by atoms with E-state index in [2.05, 4.69) is 10.2 Å². The third-order valence-electron chi connectivity index (χ3n) is 4.79. The second-order valence-electron chi connectivity index (χ2n) is 6.22. The SMILES string of the molecule is NC1(C(=O)NCC2CN3CCCC3CO2)CCOCC1. The Labute approximate surface area is 120 Å². The standard InChI is InChI=1S/C14H25N3O3/c15-14(3-6-19-7-4-14)13(18)16-8-12-9-17-5-1-2-11(17)10-20-12/h11-12H,1-10,15H2,(H,16,18). The summed E-state index contributed by atoms with van der Waals surface area (Å²) < 4.78 is 11.1.